The number of carbonyl (C=O) groups is 3. The van der Waals surface area contributed by atoms with Crippen molar-refractivity contribution >= 4 is 17.6 Å². The number of nitrogens with zero attached hydrogens (tertiary/aromatic N) is 1. The Morgan fingerprint density at radius 2 is 1.78 bits per heavy atom. The van der Waals surface area contributed by atoms with Crippen LogP contribution in [-0.4, -0.2) is 61.9 Å². The molecule has 2 amide bonds. The lowest BCUT2D eigenvalue weighted by Crippen LogP contribution is -2.51. The highest BCUT2D eigenvalue weighted by molar-refractivity contribution is 5.98. The molecule has 0 radical (unpaired) electrons. The van der Waals surface area contributed by atoms with E-state index in [1.165, 1.54) is 6.42 Å². The van der Waals surface area contributed by atoms with Gasteiger partial charge in [-0.2, -0.15) is 0 Å². The van der Waals surface area contributed by atoms with Gasteiger partial charge in [0.2, 0.25) is 5.91 Å². The molecule has 1 aliphatic carbocycles. The Balaban J connectivity index is 1.29. The minimum Gasteiger partial charge on any atom is -0.497 e. The quantitative estimate of drug-likeness (QED) is 0.366. The standard InChI is InChI=1S/C33H45N3O5/c1-5-41-29-17-28(40-4)15-14-26(29)18-34-19-30(37)36-20-27(21-36)24-12-9-13-25(16-24)33(39)35-31(32(38)22(2)3)23-10-7-6-8-11-23/h9,12-17,22-23,27,31,34H,5-8,10-11,18-21H2,1-4H3,(H,35,39). The first-order valence-electron chi connectivity index (χ1n) is 15.0. The maximum Gasteiger partial charge on any atom is 0.251 e. The Bertz CT molecular complexity index is 1200. The van der Waals surface area contributed by atoms with Crippen molar-refractivity contribution in [3.8, 4) is 11.5 Å². The maximum atomic E-state index is 13.3. The van der Waals surface area contributed by atoms with Gasteiger partial charge >= 0.3 is 0 Å². The van der Waals surface area contributed by atoms with Crippen LogP contribution in [0.3, 0.4) is 0 Å². The van der Waals surface area contributed by atoms with E-state index in [0.29, 0.717) is 31.8 Å². The molecule has 2 aromatic rings. The Labute approximate surface area is 244 Å². The molecule has 0 aromatic heterocycles. The Hall–Kier alpha value is -3.39. The fourth-order valence-electron chi connectivity index (χ4n) is 5.81. The van der Waals surface area contributed by atoms with Crippen LogP contribution in [0.4, 0.5) is 0 Å². The van der Waals surface area contributed by atoms with Crippen molar-refractivity contribution in [1.82, 2.24) is 15.5 Å². The number of rotatable bonds is 13. The van der Waals surface area contributed by atoms with E-state index in [1.54, 1.807) is 13.2 Å². The van der Waals surface area contributed by atoms with Crippen LogP contribution in [0.2, 0.25) is 0 Å². The van der Waals surface area contributed by atoms with Gasteiger partial charge in [0.1, 0.15) is 11.5 Å². The van der Waals surface area contributed by atoms with Crippen LogP contribution in [-0.2, 0) is 16.1 Å². The molecule has 4 rings (SSSR count). The number of carbonyl (C=O) groups excluding carboxylic acids is 3. The van der Waals surface area contributed by atoms with Crippen molar-refractivity contribution in [2.75, 3.05) is 33.4 Å². The second-order valence-electron chi connectivity index (χ2n) is 11.5. The lowest BCUT2D eigenvalue weighted by atomic mass is 9.80. The van der Waals surface area contributed by atoms with E-state index in [4.69, 9.17) is 9.47 Å². The molecule has 1 heterocycles. The third-order valence-electron chi connectivity index (χ3n) is 8.30. The minimum atomic E-state index is -0.432. The molecule has 1 saturated carbocycles. The summed E-state index contributed by atoms with van der Waals surface area (Å²) in [5.74, 6) is 1.72. The van der Waals surface area contributed by atoms with E-state index in [-0.39, 0.29) is 41.9 Å². The summed E-state index contributed by atoms with van der Waals surface area (Å²) in [6, 6.07) is 12.9. The van der Waals surface area contributed by atoms with Gasteiger partial charge in [-0.15, -0.1) is 0 Å². The van der Waals surface area contributed by atoms with Crippen molar-refractivity contribution in [2.24, 2.45) is 11.8 Å². The van der Waals surface area contributed by atoms with Crippen molar-refractivity contribution in [3.63, 3.8) is 0 Å². The monoisotopic (exact) mass is 563 g/mol. The second-order valence-corrected chi connectivity index (χ2v) is 11.5. The number of benzene rings is 2. The Morgan fingerprint density at radius 3 is 2.46 bits per heavy atom. The molecule has 8 nitrogen and oxygen atoms in total. The van der Waals surface area contributed by atoms with E-state index in [0.717, 1.165) is 48.3 Å². The fourth-order valence-corrected chi connectivity index (χ4v) is 5.81. The normalized spacial score (nSPS) is 16.7. The third-order valence-corrected chi connectivity index (χ3v) is 8.30. The molecule has 0 spiro atoms. The van der Waals surface area contributed by atoms with Crippen LogP contribution in [0, 0.1) is 11.8 Å². The maximum absolute atomic E-state index is 13.3. The number of methoxy groups -OCH3 is 1. The largest absolute Gasteiger partial charge is 0.497 e. The topological polar surface area (TPSA) is 97.0 Å². The number of hydrogen-bond acceptors (Lipinski definition) is 6. The molecule has 2 aromatic carbocycles. The fraction of sp³-hybridized carbons (Fsp3) is 0.545. The number of likely N-dealkylation sites (tertiary alicyclic amines) is 1. The average molecular weight is 564 g/mol. The van der Waals surface area contributed by atoms with Gasteiger partial charge in [0, 0.05) is 48.7 Å². The molecule has 1 aliphatic heterocycles. The zero-order chi connectivity index (χ0) is 29.4. The van der Waals surface area contributed by atoms with Crippen molar-refractivity contribution in [2.45, 2.75) is 71.4 Å². The van der Waals surface area contributed by atoms with Crippen LogP contribution in [0.5, 0.6) is 11.5 Å². The number of nitrogens with one attached hydrogen (secondary N) is 2. The first kappa shape index (κ1) is 30.6. The van der Waals surface area contributed by atoms with Crippen LogP contribution in [0.25, 0.3) is 0 Å². The molecule has 222 valence electrons. The highest BCUT2D eigenvalue weighted by Crippen LogP contribution is 2.30. The molecule has 1 unspecified atom stereocenters. The van der Waals surface area contributed by atoms with Gasteiger partial charge in [0.15, 0.2) is 5.78 Å². The molecule has 1 atom stereocenters. The first-order valence-corrected chi connectivity index (χ1v) is 15.0. The van der Waals surface area contributed by atoms with Gasteiger partial charge in [0.25, 0.3) is 5.91 Å². The molecule has 8 heteroatoms. The summed E-state index contributed by atoms with van der Waals surface area (Å²) >= 11 is 0. The average Bonchev–Trinajstić information content (AvgIpc) is 2.96. The molecule has 2 fully saturated rings. The van der Waals surface area contributed by atoms with E-state index in [1.807, 2.05) is 62.1 Å². The highest BCUT2D eigenvalue weighted by Gasteiger charge is 2.34. The van der Waals surface area contributed by atoms with Gasteiger partial charge in [-0.25, -0.2) is 0 Å². The zero-order valence-electron chi connectivity index (χ0n) is 24.9. The molecule has 2 N–H and O–H groups in total. The second kappa shape index (κ2) is 14.5. The number of ether oxygens (including phenoxy) is 2. The number of ketones is 1. The lowest BCUT2D eigenvalue weighted by Gasteiger charge is -2.40. The van der Waals surface area contributed by atoms with Crippen LogP contribution < -0.4 is 20.1 Å². The number of hydrogen-bond donors (Lipinski definition) is 2. The smallest absolute Gasteiger partial charge is 0.251 e. The van der Waals surface area contributed by atoms with Gasteiger partial charge < -0.3 is 25.0 Å². The van der Waals surface area contributed by atoms with Gasteiger partial charge in [-0.1, -0.05) is 51.3 Å². The van der Waals surface area contributed by atoms with Gasteiger partial charge in [-0.05, 0) is 49.4 Å². The highest BCUT2D eigenvalue weighted by atomic mass is 16.5. The first-order chi connectivity index (χ1) is 19.8. The van der Waals surface area contributed by atoms with Crippen molar-refractivity contribution < 1.29 is 23.9 Å². The Morgan fingerprint density at radius 1 is 1.02 bits per heavy atom. The third kappa shape index (κ3) is 7.88. The SMILES string of the molecule is CCOc1cc(OC)ccc1CNCC(=O)N1CC(c2cccc(C(=O)NC(C(=O)C(C)C)C3CCCCC3)c2)C1. The summed E-state index contributed by atoms with van der Waals surface area (Å²) in [6.07, 6.45) is 5.39. The summed E-state index contributed by atoms with van der Waals surface area (Å²) < 4.78 is 11.0. The molecule has 41 heavy (non-hydrogen) atoms. The van der Waals surface area contributed by atoms with E-state index < -0.39 is 6.04 Å². The van der Waals surface area contributed by atoms with Crippen molar-refractivity contribution in [3.05, 3.63) is 59.2 Å². The van der Waals surface area contributed by atoms with E-state index >= 15 is 0 Å². The van der Waals surface area contributed by atoms with E-state index in [9.17, 15) is 14.4 Å². The molecule has 1 saturated heterocycles. The van der Waals surface area contributed by atoms with E-state index in [2.05, 4.69) is 10.6 Å². The van der Waals surface area contributed by atoms with Crippen LogP contribution >= 0.6 is 0 Å². The summed E-state index contributed by atoms with van der Waals surface area (Å²) in [6.45, 7) is 8.28. The van der Waals surface area contributed by atoms with Gasteiger partial charge in [-0.3, -0.25) is 14.4 Å². The summed E-state index contributed by atoms with van der Waals surface area (Å²) in [5.41, 5.74) is 2.58. The summed E-state index contributed by atoms with van der Waals surface area (Å²) in [4.78, 5) is 40.9. The molecular weight excluding hydrogens is 518 g/mol. The molecule has 0 bridgehead atoms. The van der Waals surface area contributed by atoms with Crippen molar-refractivity contribution in [1.29, 1.82) is 0 Å². The number of amides is 2. The van der Waals surface area contributed by atoms with Crippen LogP contribution in [0.1, 0.15) is 80.3 Å². The molecular formula is C33H45N3O5. The summed E-state index contributed by atoms with van der Waals surface area (Å²) in [5, 5.41) is 6.33. The minimum absolute atomic E-state index is 0.0455. The zero-order valence-corrected chi connectivity index (χ0v) is 24.9. The Kier molecular flexibility index (Phi) is 10.8. The summed E-state index contributed by atoms with van der Waals surface area (Å²) in [7, 11) is 1.62. The predicted molar refractivity (Wildman–Crippen MR) is 159 cm³/mol. The number of Topliss-reactive ketones (excluding diaryl/α,β-unsaturated/α-hetero) is 1. The molecule has 2 aliphatic rings. The predicted octanol–water partition coefficient (Wildman–Crippen LogP) is 4.71. The van der Waals surface area contributed by atoms with Crippen LogP contribution in [0.15, 0.2) is 42.5 Å². The van der Waals surface area contributed by atoms with Gasteiger partial charge in [0.05, 0.1) is 26.3 Å². The lowest BCUT2D eigenvalue weighted by molar-refractivity contribution is -0.134.